The third-order valence-corrected chi connectivity index (χ3v) is 7.74. The summed E-state index contributed by atoms with van der Waals surface area (Å²) in [5, 5.41) is 7.56. The number of hydrogen-bond donors (Lipinski definition) is 1. The normalized spacial score (nSPS) is 15.3. The first-order valence-electron chi connectivity index (χ1n) is 5.47. The molecule has 0 spiro atoms. The standard InChI is InChI=1S/C10H16F6O3Si/c1-7(2,3)20(4,5)19-8(6(17)18,9(11,12)13)10(14,15)16/h1-5H3,(H,17,18). The Morgan fingerprint density at radius 3 is 1.40 bits per heavy atom. The van der Waals surface area contributed by atoms with Gasteiger partial charge in [-0.1, -0.05) is 20.8 Å². The number of aliphatic carboxylic acids is 1. The summed E-state index contributed by atoms with van der Waals surface area (Å²) in [7, 11) is -3.64. The molecule has 3 nitrogen and oxygen atoms in total. The zero-order valence-corrected chi connectivity index (χ0v) is 12.5. The van der Waals surface area contributed by atoms with Crippen molar-refractivity contribution in [2.75, 3.05) is 0 Å². The van der Waals surface area contributed by atoms with Crippen molar-refractivity contribution in [2.45, 2.75) is 56.9 Å². The number of carboxylic acids is 1. The maximum atomic E-state index is 12.8. The first-order valence-corrected chi connectivity index (χ1v) is 8.38. The van der Waals surface area contributed by atoms with Gasteiger partial charge >= 0.3 is 23.9 Å². The minimum absolute atomic E-state index is 1.02. The molecule has 0 atom stereocenters. The minimum Gasteiger partial charge on any atom is -0.479 e. The maximum absolute atomic E-state index is 12.8. The molecule has 0 fully saturated rings. The van der Waals surface area contributed by atoms with E-state index >= 15 is 0 Å². The summed E-state index contributed by atoms with van der Waals surface area (Å²) in [6.45, 7) is 6.43. The van der Waals surface area contributed by atoms with Crippen LogP contribution in [0, 0.1) is 0 Å². The molecule has 120 valence electrons. The Morgan fingerprint density at radius 1 is 0.950 bits per heavy atom. The third-order valence-electron chi connectivity index (χ3n) is 3.31. The molecule has 0 aliphatic carbocycles. The van der Waals surface area contributed by atoms with Crippen molar-refractivity contribution in [3.63, 3.8) is 0 Å². The van der Waals surface area contributed by atoms with E-state index in [1.807, 2.05) is 0 Å². The van der Waals surface area contributed by atoms with Crippen molar-refractivity contribution in [1.82, 2.24) is 0 Å². The molecule has 0 aliphatic heterocycles. The molecule has 0 saturated heterocycles. The van der Waals surface area contributed by atoms with E-state index in [0.717, 1.165) is 13.1 Å². The SMILES string of the molecule is CC(C)(C)[Si](C)(C)OC(C(=O)O)(C(F)(F)F)C(F)(F)F. The van der Waals surface area contributed by atoms with E-state index in [2.05, 4.69) is 4.43 Å². The molecule has 0 rings (SSSR count). The van der Waals surface area contributed by atoms with E-state index in [1.165, 1.54) is 20.8 Å². The van der Waals surface area contributed by atoms with E-state index in [-0.39, 0.29) is 0 Å². The van der Waals surface area contributed by atoms with Gasteiger partial charge in [0.15, 0.2) is 8.32 Å². The summed E-state index contributed by atoms with van der Waals surface area (Å²) in [6.07, 6.45) is -12.2. The molecular formula is C10H16F6O3Si. The van der Waals surface area contributed by atoms with Crippen LogP contribution in [0.15, 0.2) is 0 Å². The lowest BCUT2D eigenvalue weighted by Gasteiger charge is -2.44. The van der Waals surface area contributed by atoms with Crippen molar-refractivity contribution in [2.24, 2.45) is 0 Å². The van der Waals surface area contributed by atoms with Crippen LogP contribution in [0.3, 0.4) is 0 Å². The highest BCUT2D eigenvalue weighted by Gasteiger charge is 2.79. The Bertz CT molecular complexity index is 366. The van der Waals surface area contributed by atoms with Gasteiger partial charge in [-0.2, -0.15) is 26.3 Å². The molecule has 0 unspecified atom stereocenters. The first kappa shape index (κ1) is 19.2. The predicted octanol–water partition coefficient (Wildman–Crippen LogP) is 3.96. The summed E-state index contributed by atoms with van der Waals surface area (Å²) >= 11 is 0. The van der Waals surface area contributed by atoms with Gasteiger partial charge in [0.1, 0.15) is 0 Å². The highest BCUT2D eigenvalue weighted by atomic mass is 28.4. The smallest absolute Gasteiger partial charge is 0.436 e. The molecule has 10 heteroatoms. The van der Waals surface area contributed by atoms with Crippen LogP contribution in [0.5, 0.6) is 0 Å². The van der Waals surface area contributed by atoms with Gasteiger partial charge in [0.05, 0.1) is 0 Å². The van der Waals surface area contributed by atoms with Gasteiger partial charge < -0.3 is 9.53 Å². The molecule has 1 N–H and O–H groups in total. The first-order chi connectivity index (χ1) is 8.40. The minimum atomic E-state index is -6.12. The lowest BCUT2D eigenvalue weighted by atomic mass is 10.0. The molecule has 0 radical (unpaired) electrons. The fraction of sp³-hybridized carbons (Fsp3) is 0.900. The molecule has 20 heavy (non-hydrogen) atoms. The summed E-state index contributed by atoms with van der Waals surface area (Å²) < 4.78 is 81.3. The van der Waals surface area contributed by atoms with Crippen molar-refractivity contribution >= 4 is 14.3 Å². The summed E-state index contributed by atoms with van der Waals surface area (Å²) in [5.74, 6) is -3.11. The molecule has 0 aromatic carbocycles. The highest BCUT2D eigenvalue weighted by molar-refractivity contribution is 6.74. The Labute approximate surface area is 113 Å². The van der Waals surface area contributed by atoms with E-state index in [1.54, 1.807) is 0 Å². The van der Waals surface area contributed by atoms with Crippen LogP contribution in [0.25, 0.3) is 0 Å². The molecule has 0 amide bonds. The van der Waals surface area contributed by atoms with Gasteiger partial charge in [-0.15, -0.1) is 0 Å². The third kappa shape index (κ3) is 3.10. The molecule has 0 aliphatic rings. The Balaban J connectivity index is 6.14. The van der Waals surface area contributed by atoms with Crippen LogP contribution in [0.2, 0.25) is 18.1 Å². The summed E-state index contributed by atoms with van der Waals surface area (Å²) in [5.41, 5.74) is -5.21. The molecule has 0 heterocycles. The number of hydrogen-bond acceptors (Lipinski definition) is 2. The molecule has 0 aromatic heterocycles. The average Bonchev–Trinajstić information content (AvgIpc) is 2.07. The Hall–Kier alpha value is -0.773. The van der Waals surface area contributed by atoms with E-state index in [9.17, 15) is 31.1 Å². The lowest BCUT2D eigenvalue weighted by Crippen LogP contribution is -2.68. The predicted molar refractivity (Wildman–Crippen MR) is 60.8 cm³/mol. The summed E-state index contributed by atoms with van der Waals surface area (Å²) in [4.78, 5) is 10.8. The second-order valence-corrected chi connectivity index (χ2v) is 10.6. The number of rotatable bonds is 3. The van der Waals surface area contributed by atoms with E-state index < -0.39 is 37.3 Å². The monoisotopic (exact) mass is 326 g/mol. The van der Waals surface area contributed by atoms with E-state index in [4.69, 9.17) is 5.11 Å². The van der Waals surface area contributed by atoms with Crippen LogP contribution in [-0.2, 0) is 9.22 Å². The van der Waals surface area contributed by atoms with E-state index in [0.29, 0.717) is 0 Å². The lowest BCUT2D eigenvalue weighted by molar-refractivity contribution is -0.349. The number of carboxylic acid groups (broad SMARTS) is 1. The van der Waals surface area contributed by atoms with Crippen LogP contribution in [-0.4, -0.2) is 37.3 Å². The van der Waals surface area contributed by atoms with Crippen LogP contribution in [0.4, 0.5) is 26.3 Å². The molecule has 0 saturated carbocycles. The van der Waals surface area contributed by atoms with Gasteiger partial charge in [-0.3, -0.25) is 0 Å². The van der Waals surface area contributed by atoms with Gasteiger partial charge in [0, 0.05) is 0 Å². The highest BCUT2D eigenvalue weighted by Crippen LogP contribution is 2.50. The zero-order chi connectivity index (χ0) is 16.8. The van der Waals surface area contributed by atoms with Crippen LogP contribution >= 0.6 is 0 Å². The fourth-order valence-corrected chi connectivity index (χ4v) is 2.49. The number of carbonyl (C=O) groups is 1. The van der Waals surface area contributed by atoms with Gasteiger partial charge in [0.25, 0.3) is 0 Å². The second kappa shape index (κ2) is 4.90. The largest absolute Gasteiger partial charge is 0.479 e. The number of alkyl halides is 6. The molecule has 0 aromatic rings. The van der Waals surface area contributed by atoms with Crippen molar-refractivity contribution in [3.8, 4) is 0 Å². The average molecular weight is 326 g/mol. The molecular weight excluding hydrogens is 310 g/mol. The maximum Gasteiger partial charge on any atom is 0.436 e. The van der Waals surface area contributed by atoms with Crippen molar-refractivity contribution < 1.29 is 40.7 Å². The summed E-state index contributed by atoms with van der Waals surface area (Å²) in [6, 6.07) is 0. The van der Waals surface area contributed by atoms with Crippen molar-refractivity contribution in [1.29, 1.82) is 0 Å². The van der Waals surface area contributed by atoms with Crippen molar-refractivity contribution in [3.05, 3.63) is 0 Å². The Morgan fingerprint density at radius 2 is 1.25 bits per heavy atom. The Kier molecular flexibility index (Phi) is 4.71. The van der Waals surface area contributed by atoms with Crippen LogP contribution in [0.1, 0.15) is 20.8 Å². The second-order valence-electron chi connectivity index (χ2n) is 5.84. The quantitative estimate of drug-likeness (QED) is 0.631. The zero-order valence-electron chi connectivity index (χ0n) is 11.5. The van der Waals surface area contributed by atoms with Gasteiger partial charge in [-0.05, 0) is 18.1 Å². The van der Waals surface area contributed by atoms with Crippen LogP contribution < -0.4 is 0 Å². The topological polar surface area (TPSA) is 46.5 Å². The number of halogens is 6. The van der Waals surface area contributed by atoms with Gasteiger partial charge in [0.2, 0.25) is 0 Å². The molecule has 0 bridgehead atoms. The fourth-order valence-electron chi connectivity index (χ4n) is 1.10. The van der Waals surface area contributed by atoms with Gasteiger partial charge in [-0.25, -0.2) is 4.79 Å².